The third-order valence-electron chi connectivity index (χ3n) is 5.75. The molecule has 23 heavy (non-hydrogen) atoms. The molecule has 4 rings (SSSR count). The summed E-state index contributed by atoms with van der Waals surface area (Å²) in [6.07, 6.45) is 0.000998. The maximum atomic E-state index is 13.1. The molecular formula is C16H21F3N2O2. The lowest BCUT2D eigenvalue weighted by atomic mass is 9.53. The second-order valence-electron chi connectivity index (χ2n) is 7.31. The molecule has 2 bridgehead atoms. The van der Waals surface area contributed by atoms with E-state index in [-0.39, 0.29) is 6.04 Å². The van der Waals surface area contributed by atoms with Gasteiger partial charge in [-0.1, -0.05) is 0 Å². The number of halogens is 3. The fraction of sp³-hybridized carbons (Fsp3) is 0.750. The Kier molecular flexibility index (Phi) is 3.54. The number of carbonyl (C=O) groups is 1. The van der Waals surface area contributed by atoms with Gasteiger partial charge in [0.05, 0.1) is 5.41 Å². The molecule has 3 fully saturated rings. The first-order valence-corrected chi connectivity index (χ1v) is 8.00. The van der Waals surface area contributed by atoms with Crippen LogP contribution in [-0.2, 0) is 16.4 Å². The maximum absolute atomic E-state index is 13.1. The number of fused-ring (bicyclic) bond motifs is 3. The Morgan fingerprint density at radius 3 is 2.13 bits per heavy atom. The Labute approximate surface area is 132 Å². The first kappa shape index (κ1) is 16.3. The van der Waals surface area contributed by atoms with Gasteiger partial charge in [-0.25, -0.2) is 4.98 Å². The average molecular weight is 330 g/mol. The summed E-state index contributed by atoms with van der Waals surface area (Å²) in [7, 11) is 0. The van der Waals surface area contributed by atoms with E-state index in [1.807, 2.05) is 13.8 Å². The first-order chi connectivity index (χ1) is 10.6. The Bertz CT molecular complexity index is 609. The maximum Gasteiger partial charge on any atom is 0.434 e. The van der Waals surface area contributed by atoms with Crippen molar-refractivity contribution in [2.45, 2.75) is 70.0 Å². The van der Waals surface area contributed by atoms with E-state index in [1.54, 1.807) is 4.57 Å². The van der Waals surface area contributed by atoms with Crippen LogP contribution >= 0.6 is 0 Å². The van der Waals surface area contributed by atoms with Crippen LogP contribution in [0.4, 0.5) is 13.2 Å². The standard InChI is InChI=1S/C16H21F3N2O2/c1-10(2)21-9-11(16(17,18)19)20-12(21)14-3-6-15(7-4-14,8-5-14)13(22)23/h9-10H,3-8H2,1-2H3,(H,22,23). The SMILES string of the molecule is CC(C)n1cc(C(F)(F)F)nc1C12CCC(C(=O)O)(CC1)CC2. The van der Waals surface area contributed by atoms with Gasteiger partial charge in [-0.05, 0) is 52.4 Å². The molecule has 0 atom stereocenters. The van der Waals surface area contributed by atoms with E-state index in [0.29, 0.717) is 44.3 Å². The number of aliphatic carboxylic acids is 1. The summed E-state index contributed by atoms with van der Waals surface area (Å²) in [5.41, 5.74) is -1.94. The van der Waals surface area contributed by atoms with Crippen LogP contribution in [0.15, 0.2) is 6.20 Å². The van der Waals surface area contributed by atoms with Crippen molar-refractivity contribution < 1.29 is 23.1 Å². The second kappa shape index (κ2) is 4.98. The highest BCUT2D eigenvalue weighted by atomic mass is 19.4. The summed E-state index contributed by atoms with van der Waals surface area (Å²) in [6, 6.07) is -0.115. The predicted molar refractivity (Wildman–Crippen MR) is 77.1 cm³/mol. The molecule has 3 aliphatic rings. The van der Waals surface area contributed by atoms with Gasteiger partial charge in [0.25, 0.3) is 0 Å². The molecule has 0 aliphatic heterocycles. The largest absolute Gasteiger partial charge is 0.481 e. The molecule has 1 aromatic heterocycles. The van der Waals surface area contributed by atoms with Crippen LogP contribution in [0.2, 0.25) is 0 Å². The number of imidazole rings is 1. The van der Waals surface area contributed by atoms with E-state index >= 15 is 0 Å². The summed E-state index contributed by atoms with van der Waals surface area (Å²) < 4.78 is 40.8. The van der Waals surface area contributed by atoms with Crippen LogP contribution in [0.25, 0.3) is 0 Å². The molecule has 0 aromatic carbocycles. The third kappa shape index (κ3) is 2.44. The van der Waals surface area contributed by atoms with E-state index in [0.717, 1.165) is 6.20 Å². The van der Waals surface area contributed by atoms with Crippen molar-refractivity contribution in [1.29, 1.82) is 0 Å². The molecule has 3 aliphatic carbocycles. The summed E-state index contributed by atoms with van der Waals surface area (Å²) in [6.45, 7) is 3.68. The zero-order valence-corrected chi connectivity index (χ0v) is 13.3. The molecule has 4 nitrogen and oxygen atoms in total. The van der Waals surface area contributed by atoms with Crippen molar-refractivity contribution in [2.24, 2.45) is 5.41 Å². The van der Waals surface area contributed by atoms with Crippen molar-refractivity contribution in [2.75, 3.05) is 0 Å². The molecule has 128 valence electrons. The molecule has 0 unspecified atom stereocenters. The Balaban J connectivity index is 2.00. The average Bonchev–Trinajstić information content (AvgIpc) is 2.95. The lowest BCUT2D eigenvalue weighted by Crippen LogP contribution is -2.49. The number of aromatic nitrogens is 2. The topological polar surface area (TPSA) is 55.1 Å². The minimum absolute atomic E-state index is 0.115. The molecule has 0 spiro atoms. The van der Waals surface area contributed by atoms with Gasteiger partial charge < -0.3 is 9.67 Å². The minimum atomic E-state index is -4.46. The van der Waals surface area contributed by atoms with Gasteiger partial charge in [0.15, 0.2) is 5.69 Å². The molecule has 0 radical (unpaired) electrons. The highest BCUT2D eigenvalue weighted by molar-refractivity contribution is 5.75. The highest BCUT2D eigenvalue weighted by Gasteiger charge is 2.55. The summed E-state index contributed by atoms with van der Waals surface area (Å²) in [5.74, 6) is -0.285. The quantitative estimate of drug-likeness (QED) is 0.905. The fourth-order valence-corrected chi connectivity index (χ4v) is 4.16. The van der Waals surface area contributed by atoms with Gasteiger partial charge in [-0.2, -0.15) is 13.2 Å². The third-order valence-corrected chi connectivity index (χ3v) is 5.75. The van der Waals surface area contributed by atoms with Gasteiger partial charge >= 0.3 is 12.1 Å². The molecule has 3 saturated carbocycles. The van der Waals surface area contributed by atoms with Crippen molar-refractivity contribution >= 4 is 5.97 Å². The lowest BCUT2D eigenvalue weighted by molar-refractivity contribution is -0.156. The molecule has 0 amide bonds. The number of carboxylic acids is 1. The highest BCUT2D eigenvalue weighted by Crippen LogP contribution is 2.58. The monoisotopic (exact) mass is 330 g/mol. The number of hydrogen-bond donors (Lipinski definition) is 1. The van der Waals surface area contributed by atoms with Crippen molar-refractivity contribution in [3.05, 3.63) is 17.7 Å². The van der Waals surface area contributed by atoms with E-state index < -0.39 is 28.7 Å². The summed E-state index contributed by atoms with van der Waals surface area (Å²) in [5, 5.41) is 9.45. The molecule has 1 N–H and O–H groups in total. The Morgan fingerprint density at radius 2 is 1.74 bits per heavy atom. The first-order valence-electron chi connectivity index (χ1n) is 8.00. The number of rotatable bonds is 3. The van der Waals surface area contributed by atoms with Crippen LogP contribution in [0.5, 0.6) is 0 Å². The van der Waals surface area contributed by atoms with Gasteiger partial charge in [0.1, 0.15) is 5.82 Å². The Hall–Kier alpha value is -1.53. The molecule has 0 saturated heterocycles. The van der Waals surface area contributed by atoms with Gasteiger partial charge in [0.2, 0.25) is 0 Å². The van der Waals surface area contributed by atoms with Gasteiger partial charge in [0, 0.05) is 17.7 Å². The normalized spacial score (nSPS) is 30.9. The van der Waals surface area contributed by atoms with Gasteiger partial charge in [-0.3, -0.25) is 4.79 Å². The number of alkyl halides is 3. The van der Waals surface area contributed by atoms with E-state index in [4.69, 9.17) is 0 Å². The van der Waals surface area contributed by atoms with Crippen molar-refractivity contribution in [3.8, 4) is 0 Å². The summed E-state index contributed by atoms with van der Waals surface area (Å²) in [4.78, 5) is 15.5. The molecule has 1 aromatic rings. The smallest absolute Gasteiger partial charge is 0.434 e. The van der Waals surface area contributed by atoms with E-state index in [2.05, 4.69) is 4.98 Å². The van der Waals surface area contributed by atoms with Crippen LogP contribution in [0.3, 0.4) is 0 Å². The van der Waals surface area contributed by atoms with Crippen LogP contribution in [-0.4, -0.2) is 20.6 Å². The molecule has 7 heteroatoms. The molecular weight excluding hydrogens is 309 g/mol. The Morgan fingerprint density at radius 1 is 1.22 bits per heavy atom. The van der Waals surface area contributed by atoms with Crippen molar-refractivity contribution in [1.82, 2.24) is 9.55 Å². The minimum Gasteiger partial charge on any atom is -0.481 e. The zero-order chi connectivity index (χ0) is 17.0. The predicted octanol–water partition coefficient (Wildman–Crippen LogP) is 4.16. The molecule has 1 heterocycles. The van der Waals surface area contributed by atoms with Crippen LogP contribution in [0, 0.1) is 5.41 Å². The fourth-order valence-electron chi connectivity index (χ4n) is 4.16. The lowest BCUT2D eigenvalue weighted by Gasteiger charge is -2.51. The summed E-state index contributed by atoms with van der Waals surface area (Å²) >= 11 is 0. The number of carboxylic acid groups (broad SMARTS) is 1. The zero-order valence-electron chi connectivity index (χ0n) is 13.3. The second-order valence-corrected chi connectivity index (χ2v) is 7.31. The number of nitrogens with zero attached hydrogens (tertiary/aromatic N) is 2. The van der Waals surface area contributed by atoms with Crippen LogP contribution in [0.1, 0.15) is 69.9 Å². The van der Waals surface area contributed by atoms with E-state index in [9.17, 15) is 23.1 Å². The van der Waals surface area contributed by atoms with Gasteiger partial charge in [-0.15, -0.1) is 0 Å². The van der Waals surface area contributed by atoms with Crippen molar-refractivity contribution in [3.63, 3.8) is 0 Å². The van der Waals surface area contributed by atoms with E-state index in [1.165, 1.54) is 0 Å². The van der Waals surface area contributed by atoms with Crippen LogP contribution < -0.4 is 0 Å². The number of hydrogen-bond acceptors (Lipinski definition) is 2.